The molecule has 0 rings (SSSR count). The van der Waals surface area contributed by atoms with Gasteiger partial charge in [-0.3, -0.25) is 4.99 Å². The first kappa shape index (κ1) is 8.34. The molecule has 0 aliphatic heterocycles. The van der Waals surface area contributed by atoms with Gasteiger partial charge in [0.25, 0.3) is 0 Å². The van der Waals surface area contributed by atoms with Crippen molar-refractivity contribution in [2.24, 2.45) is 10.9 Å². The number of nitrogens with zero attached hydrogens (tertiary/aromatic N) is 1. The van der Waals surface area contributed by atoms with Crippen LogP contribution in [0.25, 0.3) is 0 Å². The zero-order chi connectivity index (χ0) is 7.44. The van der Waals surface area contributed by atoms with Gasteiger partial charge in [-0.05, 0) is 12.8 Å². The zero-order valence-corrected chi connectivity index (χ0v) is 6.52. The summed E-state index contributed by atoms with van der Waals surface area (Å²) in [4.78, 5) is 3.90. The van der Waals surface area contributed by atoms with Gasteiger partial charge in [-0.25, -0.2) is 0 Å². The van der Waals surface area contributed by atoms with E-state index in [1.54, 1.807) is 7.05 Å². The first-order valence-corrected chi connectivity index (χ1v) is 3.11. The molecule has 0 fully saturated rings. The molecule has 0 amide bonds. The molecule has 9 heavy (non-hydrogen) atoms. The fourth-order valence-corrected chi connectivity index (χ4v) is 0.538. The Bertz CT molecular complexity index is 134. The zero-order valence-electron chi connectivity index (χ0n) is 6.52. The molecule has 0 aliphatic carbocycles. The fourth-order valence-electron chi connectivity index (χ4n) is 0.538. The van der Waals surface area contributed by atoms with Gasteiger partial charge in [-0.2, -0.15) is 0 Å². The molecule has 2 nitrogen and oxygen atoms in total. The fraction of sp³-hybridized carbons (Fsp3) is 0.714. The molecule has 0 aromatic heterocycles. The first-order valence-electron chi connectivity index (χ1n) is 3.11. The second-order valence-electron chi connectivity index (χ2n) is 2.38. The van der Waals surface area contributed by atoms with E-state index in [1.807, 2.05) is 20.8 Å². The molecule has 0 bridgehead atoms. The smallest absolute Gasteiger partial charge is 0.0546 e. The summed E-state index contributed by atoms with van der Waals surface area (Å²) in [5, 5.41) is 7.42. The second kappa shape index (κ2) is 3.38. The van der Waals surface area contributed by atoms with Crippen molar-refractivity contribution in [2.45, 2.75) is 20.8 Å². The molecule has 0 radical (unpaired) electrons. The van der Waals surface area contributed by atoms with Gasteiger partial charge in [0.1, 0.15) is 0 Å². The van der Waals surface area contributed by atoms with Crippen LogP contribution in [0.4, 0.5) is 0 Å². The molecule has 0 atom stereocenters. The van der Waals surface area contributed by atoms with Crippen LogP contribution < -0.4 is 0 Å². The average molecular weight is 126 g/mol. The van der Waals surface area contributed by atoms with E-state index < -0.39 is 0 Å². The quantitative estimate of drug-likeness (QED) is 0.547. The lowest BCUT2D eigenvalue weighted by Crippen LogP contribution is -2.15. The third-order valence-corrected chi connectivity index (χ3v) is 1.30. The topological polar surface area (TPSA) is 36.2 Å². The molecule has 0 heterocycles. The van der Waals surface area contributed by atoms with Crippen LogP contribution in [-0.2, 0) is 0 Å². The number of rotatable bonds is 2. The van der Waals surface area contributed by atoms with Crippen LogP contribution >= 0.6 is 0 Å². The Balaban J connectivity index is 4.06. The summed E-state index contributed by atoms with van der Waals surface area (Å²) in [6.07, 6.45) is 0. The normalized spacial score (nSPS) is 12.3. The molecule has 52 valence electrons. The van der Waals surface area contributed by atoms with Gasteiger partial charge in [0.15, 0.2) is 0 Å². The number of aliphatic imine (C=N–C) groups is 1. The molecule has 0 aromatic rings. The molecule has 2 heteroatoms. The molecule has 0 unspecified atom stereocenters. The van der Waals surface area contributed by atoms with Crippen LogP contribution in [-0.4, -0.2) is 18.5 Å². The standard InChI is InChI=1S/C7H14N2/c1-5(2)7(8)6(3)9-4/h5,8H,1-4H3. The molecule has 0 aliphatic rings. The van der Waals surface area contributed by atoms with Gasteiger partial charge in [-0.1, -0.05) is 13.8 Å². The Morgan fingerprint density at radius 3 is 2.00 bits per heavy atom. The van der Waals surface area contributed by atoms with Crippen LogP contribution in [0.15, 0.2) is 4.99 Å². The minimum atomic E-state index is 0.300. The van der Waals surface area contributed by atoms with Crippen molar-refractivity contribution in [3.63, 3.8) is 0 Å². The van der Waals surface area contributed by atoms with Gasteiger partial charge in [-0.15, -0.1) is 0 Å². The average Bonchev–Trinajstić information content (AvgIpc) is 1.84. The number of hydrogen-bond donors (Lipinski definition) is 1. The van der Waals surface area contributed by atoms with E-state index in [9.17, 15) is 0 Å². The van der Waals surface area contributed by atoms with E-state index in [0.29, 0.717) is 11.6 Å². The Morgan fingerprint density at radius 1 is 1.44 bits per heavy atom. The summed E-state index contributed by atoms with van der Waals surface area (Å²) >= 11 is 0. The lowest BCUT2D eigenvalue weighted by Gasteiger charge is -2.04. The Morgan fingerprint density at radius 2 is 1.89 bits per heavy atom. The maximum absolute atomic E-state index is 7.42. The van der Waals surface area contributed by atoms with E-state index in [0.717, 1.165) is 5.71 Å². The maximum Gasteiger partial charge on any atom is 0.0546 e. The Labute approximate surface area is 56.5 Å². The summed E-state index contributed by atoms with van der Waals surface area (Å²) < 4.78 is 0. The summed E-state index contributed by atoms with van der Waals surface area (Å²) in [5.41, 5.74) is 1.47. The van der Waals surface area contributed by atoms with Crippen LogP contribution in [0.5, 0.6) is 0 Å². The van der Waals surface area contributed by atoms with Gasteiger partial charge < -0.3 is 5.41 Å². The highest BCUT2D eigenvalue weighted by Crippen LogP contribution is 1.95. The maximum atomic E-state index is 7.42. The summed E-state index contributed by atoms with van der Waals surface area (Å²) in [5.74, 6) is 0.300. The van der Waals surface area contributed by atoms with Gasteiger partial charge in [0.2, 0.25) is 0 Å². The first-order chi connectivity index (χ1) is 4.09. The lowest BCUT2D eigenvalue weighted by molar-refractivity contribution is 0.886. The summed E-state index contributed by atoms with van der Waals surface area (Å²) in [7, 11) is 1.71. The van der Waals surface area contributed by atoms with Crippen molar-refractivity contribution in [3.8, 4) is 0 Å². The SMILES string of the molecule is CN=C(C)C(=N)C(C)C. The van der Waals surface area contributed by atoms with Crippen molar-refractivity contribution in [3.05, 3.63) is 0 Å². The van der Waals surface area contributed by atoms with Crippen molar-refractivity contribution in [1.29, 1.82) is 5.41 Å². The highest BCUT2D eigenvalue weighted by molar-refractivity contribution is 6.40. The molecule has 1 N–H and O–H groups in total. The molecular formula is C7H14N2. The molecule has 0 spiro atoms. The van der Waals surface area contributed by atoms with Crippen LogP contribution in [0.3, 0.4) is 0 Å². The van der Waals surface area contributed by atoms with Crippen LogP contribution in [0.1, 0.15) is 20.8 Å². The predicted molar refractivity (Wildman–Crippen MR) is 41.6 cm³/mol. The predicted octanol–water partition coefficient (Wildman–Crippen LogP) is 1.75. The Hall–Kier alpha value is -0.660. The van der Waals surface area contributed by atoms with Gasteiger partial charge in [0.05, 0.1) is 11.4 Å². The third-order valence-electron chi connectivity index (χ3n) is 1.30. The molecule has 0 saturated carbocycles. The summed E-state index contributed by atoms with van der Waals surface area (Å²) in [6.45, 7) is 5.86. The monoisotopic (exact) mass is 126 g/mol. The lowest BCUT2D eigenvalue weighted by atomic mass is 10.1. The van der Waals surface area contributed by atoms with Crippen molar-refractivity contribution in [1.82, 2.24) is 0 Å². The number of nitrogens with one attached hydrogen (secondary N) is 1. The summed E-state index contributed by atoms with van der Waals surface area (Å²) in [6, 6.07) is 0. The third kappa shape index (κ3) is 2.40. The van der Waals surface area contributed by atoms with Crippen molar-refractivity contribution in [2.75, 3.05) is 7.05 Å². The minimum absolute atomic E-state index is 0.300. The molecular weight excluding hydrogens is 112 g/mol. The highest BCUT2D eigenvalue weighted by Gasteiger charge is 2.03. The van der Waals surface area contributed by atoms with Crippen LogP contribution in [0, 0.1) is 11.3 Å². The van der Waals surface area contributed by atoms with Crippen molar-refractivity contribution >= 4 is 11.4 Å². The largest absolute Gasteiger partial charge is 0.303 e. The highest BCUT2D eigenvalue weighted by atomic mass is 14.7. The Kier molecular flexibility index (Phi) is 3.13. The molecule has 0 aromatic carbocycles. The van der Waals surface area contributed by atoms with Gasteiger partial charge >= 0.3 is 0 Å². The second-order valence-corrected chi connectivity index (χ2v) is 2.38. The van der Waals surface area contributed by atoms with Gasteiger partial charge in [0, 0.05) is 7.05 Å². The van der Waals surface area contributed by atoms with E-state index in [4.69, 9.17) is 5.41 Å². The minimum Gasteiger partial charge on any atom is -0.303 e. The van der Waals surface area contributed by atoms with E-state index in [2.05, 4.69) is 4.99 Å². The van der Waals surface area contributed by atoms with Crippen molar-refractivity contribution < 1.29 is 0 Å². The van der Waals surface area contributed by atoms with E-state index >= 15 is 0 Å². The number of hydrogen-bond acceptors (Lipinski definition) is 2. The van der Waals surface area contributed by atoms with E-state index in [1.165, 1.54) is 0 Å². The van der Waals surface area contributed by atoms with E-state index in [-0.39, 0.29) is 0 Å². The van der Waals surface area contributed by atoms with Crippen LogP contribution in [0.2, 0.25) is 0 Å². The molecule has 0 saturated heterocycles.